The zero-order valence-electron chi connectivity index (χ0n) is 23.3. The van der Waals surface area contributed by atoms with Crippen LogP contribution in [0.2, 0.25) is 0 Å². The lowest BCUT2D eigenvalue weighted by Crippen LogP contribution is -2.41. The van der Waals surface area contributed by atoms with Crippen LogP contribution < -0.4 is 10.6 Å². The molecule has 2 aliphatic rings. The highest BCUT2D eigenvalue weighted by Crippen LogP contribution is 2.43. The molecular formula is C25H26F5N11O3. The number of nitrogens with one attached hydrogen (secondary N) is 2. The summed E-state index contributed by atoms with van der Waals surface area (Å²) in [6.07, 6.45) is -3.10. The molecule has 0 radical (unpaired) electrons. The van der Waals surface area contributed by atoms with Crippen LogP contribution in [0.4, 0.5) is 22.0 Å². The number of amides is 2. The minimum absolute atomic E-state index is 0.0415. The van der Waals surface area contributed by atoms with Crippen molar-refractivity contribution in [2.75, 3.05) is 0 Å². The van der Waals surface area contributed by atoms with Crippen molar-refractivity contribution < 1.29 is 36.2 Å². The number of alkyl halides is 5. The third-order valence-electron chi connectivity index (χ3n) is 8.34. The number of nitrogens with zero attached hydrogens (tertiary/aromatic N) is 9. The molecule has 1 aliphatic heterocycles. The molecular weight excluding hydrogens is 597 g/mol. The van der Waals surface area contributed by atoms with E-state index in [2.05, 4.69) is 45.9 Å². The van der Waals surface area contributed by atoms with Crippen molar-refractivity contribution in [1.29, 1.82) is 0 Å². The Bertz CT molecular complexity index is 1710. The lowest BCUT2D eigenvalue weighted by Gasteiger charge is -2.33. The Kier molecular flexibility index (Phi) is 7.07. The second-order valence-electron chi connectivity index (χ2n) is 11.3. The van der Waals surface area contributed by atoms with Crippen LogP contribution in [0.25, 0.3) is 5.65 Å². The molecule has 0 unspecified atom stereocenters. The van der Waals surface area contributed by atoms with Gasteiger partial charge in [0, 0.05) is 19.9 Å². The van der Waals surface area contributed by atoms with Crippen LogP contribution in [0.15, 0.2) is 23.1 Å². The number of carbonyl (C=O) groups is 2. The van der Waals surface area contributed by atoms with Gasteiger partial charge >= 0.3 is 6.18 Å². The first-order valence-electron chi connectivity index (χ1n) is 13.7. The summed E-state index contributed by atoms with van der Waals surface area (Å²) < 4.78 is 76.1. The highest BCUT2D eigenvalue weighted by Gasteiger charge is 2.58. The summed E-state index contributed by atoms with van der Waals surface area (Å²) in [6, 6.07) is -1.35. The number of aromatic nitrogens is 9. The fourth-order valence-electron chi connectivity index (χ4n) is 6.05. The summed E-state index contributed by atoms with van der Waals surface area (Å²) in [5, 5.41) is 27.5. The Morgan fingerprint density at radius 3 is 2.61 bits per heavy atom. The van der Waals surface area contributed by atoms with Crippen LogP contribution in [0, 0.1) is 12.8 Å². The van der Waals surface area contributed by atoms with E-state index in [1.165, 1.54) is 30.9 Å². The van der Waals surface area contributed by atoms with Crippen LogP contribution >= 0.6 is 0 Å². The predicted molar refractivity (Wildman–Crippen MR) is 136 cm³/mol. The highest BCUT2D eigenvalue weighted by molar-refractivity contribution is 5.93. The van der Waals surface area contributed by atoms with Gasteiger partial charge in [-0.2, -0.15) is 18.3 Å². The zero-order valence-corrected chi connectivity index (χ0v) is 23.3. The number of tetrazole rings is 1. The molecule has 4 aromatic heterocycles. The van der Waals surface area contributed by atoms with Crippen LogP contribution in [0.1, 0.15) is 71.4 Å². The second-order valence-corrected chi connectivity index (χ2v) is 11.3. The third-order valence-corrected chi connectivity index (χ3v) is 8.34. The SMILES string of the molecule is Cc1nonc1C(=O)N[C@H](c1cn2ncc(C[C@@]3(c4nnnn4C)C[C@@H](C(F)(F)F)NC3=O)cc2n1)C1CCC(F)(F)CC1. The lowest BCUT2D eigenvalue weighted by molar-refractivity contribution is -0.155. The normalized spacial score (nSPS) is 23.2. The summed E-state index contributed by atoms with van der Waals surface area (Å²) in [7, 11) is 1.43. The largest absolute Gasteiger partial charge is 0.408 e. The molecule has 44 heavy (non-hydrogen) atoms. The molecule has 6 rings (SSSR count). The fourth-order valence-corrected chi connectivity index (χ4v) is 6.05. The molecule has 14 nitrogen and oxygen atoms in total. The molecule has 1 saturated carbocycles. The number of halogens is 5. The quantitative estimate of drug-likeness (QED) is 0.291. The van der Waals surface area contributed by atoms with Crippen molar-refractivity contribution in [2.45, 2.75) is 75.0 Å². The molecule has 1 aliphatic carbocycles. The van der Waals surface area contributed by atoms with Gasteiger partial charge in [0.25, 0.3) is 5.91 Å². The molecule has 5 heterocycles. The maximum Gasteiger partial charge on any atom is 0.408 e. The van der Waals surface area contributed by atoms with Crippen molar-refractivity contribution in [2.24, 2.45) is 13.0 Å². The predicted octanol–water partition coefficient (Wildman–Crippen LogP) is 2.17. The minimum atomic E-state index is -4.69. The molecule has 0 spiro atoms. The van der Waals surface area contributed by atoms with Crippen molar-refractivity contribution >= 4 is 17.5 Å². The monoisotopic (exact) mass is 623 g/mol. The van der Waals surface area contributed by atoms with Crippen molar-refractivity contribution in [3.8, 4) is 0 Å². The van der Waals surface area contributed by atoms with Crippen molar-refractivity contribution in [1.82, 2.24) is 55.8 Å². The molecule has 2 N–H and O–H groups in total. The first-order chi connectivity index (χ1) is 20.8. The smallest absolute Gasteiger partial charge is 0.343 e. The summed E-state index contributed by atoms with van der Waals surface area (Å²) in [5.74, 6) is -4.74. The standard InChI is InChI=1S/C25H26F5N11O3/c1-12-18(37-44-36-12)20(42)34-19(14-3-5-24(26,27)6-4-14)15-11-41-17(32-15)7-13(10-31-41)8-23(21-35-38-39-40(21)2)9-16(25(28,29)30)33-22(23)43/h7,10-11,14,16,19H,3-6,8-9H2,1-2H3,(H,33,43)(H,34,42)/t16-,19-,23-/m0/s1. The summed E-state index contributed by atoms with van der Waals surface area (Å²) in [5.41, 5.74) is -0.604. The number of hydrogen-bond acceptors (Lipinski definition) is 10. The lowest BCUT2D eigenvalue weighted by atomic mass is 9.78. The van der Waals surface area contributed by atoms with Gasteiger partial charge in [-0.15, -0.1) is 5.10 Å². The van der Waals surface area contributed by atoms with Crippen molar-refractivity contribution in [3.63, 3.8) is 0 Å². The zero-order chi connectivity index (χ0) is 31.4. The molecule has 2 fully saturated rings. The Balaban J connectivity index is 1.33. The van der Waals surface area contributed by atoms with Crippen LogP contribution in [0.3, 0.4) is 0 Å². The maximum absolute atomic E-state index is 14.0. The number of hydrogen-bond donors (Lipinski definition) is 2. The van der Waals surface area contributed by atoms with Crippen LogP contribution in [-0.2, 0) is 23.7 Å². The minimum Gasteiger partial charge on any atom is -0.343 e. The Hall–Kier alpha value is -4.58. The molecule has 2 amide bonds. The third kappa shape index (κ3) is 5.34. The van der Waals surface area contributed by atoms with E-state index in [1.807, 2.05) is 5.32 Å². The Morgan fingerprint density at radius 1 is 1.25 bits per heavy atom. The van der Waals surface area contributed by atoms with E-state index >= 15 is 0 Å². The molecule has 3 atom stereocenters. The van der Waals surface area contributed by atoms with Gasteiger partial charge in [0.2, 0.25) is 11.8 Å². The number of aryl methyl sites for hydroxylation is 2. The molecule has 4 aromatic rings. The van der Waals surface area contributed by atoms with Gasteiger partial charge in [0.1, 0.15) is 17.2 Å². The summed E-state index contributed by atoms with van der Waals surface area (Å²) in [4.78, 5) is 30.8. The summed E-state index contributed by atoms with van der Waals surface area (Å²) >= 11 is 0. The topological polar surface area (TPSA) is 171 Å². The first kappa shape index (κ1) is 29.5. The van der Waals surface area contributed by atoms with Gasteiger partial charge < -0.3 is 10.6 Å². The van der Waals surface area contributed by atoms with E-state index in [0.717, 1.165) is 4.68 Å². The molecule has 0 aromatic carbocycles. The Labute approximate surface area is 244 Å². The fraction of sp³-hybridized carbons (Fsp3) is 0.560. The second kappa shape index (κ2) is 10.5. The van der Waals surface area contributed by atoms with E-state index in [0.29, 0.717) is 11.3 Å². The van der Waals surface area contributed by atoms with Gasteiger partial charge in [-0.3, -0.25) is 9.59 Å². The van der Waals surface area contributed by atoms with Crippen molar-refractivity contribution in [3.05, 3.63) is 46.9 Å². The van der Waals surface area contributed by atoms with Gasteiger partial charge in [-0.05, 0) is 65.7 Å². The molecule has 0 bridgehead atoms. The van der Waals surface area contributed by atoms with Gasteiger partial charge in [-0.1, -0.05) is 5.16 Å². The maximum atomic E-state index is 14.0. The Morgan fingerprint density at radius 2 is 2.00 bits per heavy atom. The van der Waals surface area contributed by atoms with E-state index in [-0.39, 0.29) is 55.0 Å². The average Bonchev–Trinajstić information content (AvgIpc) is 3.74. The van der Waals surface area contributed by atoms with Crippen LogP contribution in [0.5, 0.6) is 0 Å². The highest BCUT2D eigenvalue weighted by atomic mass is 19.4. The van der Waals surface area contributed by atoms with E-state index in [1.54, 1.807) is 6.07 Å². The molecule has 19 heteroatoms. The van der Waals surface area contributed by atoms with E-state index in [4.69, 9.17) is 0 Å². The molecule has 234 valence electrons. The molecule has 1 saturated heterocycles. The van der Waals surface area contributed by atoms with Gasteiger partial charge in [0.15, 0.2) is 17.2 Å². The van der Waals surface area contributed by atoms with Gasteiger partial charge in [0.05, 0.1) is 24.1 Å². The van der Waals surface area contributed by atoms with E-state index in [9.17, 15) is 31.5 Å². The number of fused-ring (bicyclic) bond motifs is 1. The number of carbonyl (C=O) groups excluding carboxylic acids is 2. The average molecular weight is 624 g/mol. The number of rotatable bonds is 7. The van der Waals surface area contributed by atoms with Crippen LogP contribution in [-0.4, -0.2) is 75.1 Å². The van der Waals surface area contributed by atoms with E-state index < -0.39 is 53.8 Å². The summed E-state index contributed by atoms with van der Waals surface area (Å²) in [6.45, 7) is 1.53. The number of imidazole rings is 1. The van der Waals surface area contributed by atoms with Gasteiger partial charge in [-0.25, -0.2) is 27.6 Å². The first-order valence-corrected chi connectivity index (χ1v) is 13.7.